The van der Waals surface area contributed by atoms with Gasteiger partial charge in [0.1, 0.15) is 0 Å². The van der Waals surface area contributed by atoms with E-state index in [4.69, 9.17) is 23.2 Å². The van der Waals surface area contributed by atoms with Crippen molar-refractivity contribution in [3.8, 4) is 0 Å². The molecule has 0 aromatic rings. The summed E-state index contributed by atoms with van der Waals surface area (Å²) < 4.78 is 0. The van der Waals surface area contributed by atoms with Gasteiger partial charge in [0, 0.05) is 21.4 Å². The Bertz CT molecular complexity index is 310. The molecule has 0 amide bonds. The van der Waals surface area contributed by atoms with E-state index in [1.54, 1.807) is 0 Å². The van der Waals surface area contributed by atoms with Crippen LogP contribution in [-0.2, 0) is 0 Å². The molecule has 34 heavy (non-hydrogen) atoms. The van der Waals surface area contributed by atoms with Gasteiger partial charge in [0.25, 0.3) is 0 Å². The van der Waals surface area contributed by atoms with Crippen molar-refractivity contribution in [1.82, 2.24) is 0 Å². The quantitative estimate of drug-likeness (QED) is 0.0645. The summed E-state index contributed by atoms with van der Waals surface area (Å²) >= 11 is 18.8. The zero-order valence-electron chi connectivity index (χ0n) is 23.1. The first-order valence-corrected chi connectivity index (χ1v) is 18.0. The van der Waals surface area contributed by atoms with Crippen LogP contribution in [0.1, 0.15) is 168 Å². The maximum absolute atomic E-state index is 6.04. The van der Waals surface area contributed by atoms with Gasteiger partial charge in [-0.1, -0.05) is 187 Å². The van der Waals surface area contributed by atoms with Crippen LogP contribution < -0.4 is 0 Å². The molecule has 0 spiro atoms. The zero-order valence-corrected chi connectivity index (χ0v) is 27.7. The van der Waals surface area contributed by atoms with Crippen molar-refractivity contribution in [2.45, 2.75) is 178 Å². The molecule has 2 unspecified atom stereocenters. The maximum atomic E-state index is 6.04. The highest BCUT2D eigenvalue weighted by molar-refractivity contribution is 9.09. The van der Waals surface area contributed by atoms with Crippen LogP contribution in [0, 0.1) is 0 Å². The smallest absolute Gasteiger partial charge is 0.0432 e. The minimum Gasteiger partial charge on any atom is -0.126 e. The summed E-state index contributed by atoms with van der Waals surface area (Å²) in [5.41, 5.74) is 0. The second-order valence-electron chi connectivity index (χ2n) is 10.2. The SMILES string of the molecule is CCCCCCCCCCCCCC(Br)CCl.CCCCCCCCCCCCCC(Cl)CBr. The third-order valence-corrected chi connectivity index (χ3v) is 9.63. The van der Waals surface area contributed by atoms with Gasteiger partial charge in [0.05, 0.1) is 0 Å². The molecule has 0 aliphatic heterocycles. The molecule has 2 atom stereocenters. The molecule has 0 saturated heterocycles. The number of unbranched alkanes of at least 4 members (excludes halogenated alkanes) is 20. The Morgan fingerprint density at radius 2 is 0.794 bits per heavy atom. The fourth-order valence-electron chi connectivity index (χ4n) is 4.21. The third-order valence-electron chi connectivity index (χ3n) is 6.58. The summed E-state index contributed by atoms with van der Waals surface area (Å²) in [4.78, 5) is 0.530. The molecule has 0 saturated carbocycles. The summed E-state index contributed by atoms with van der Waals surface area (Å²) in [7, 11) is 0. The lowest BCUT2D eigenvalue weighted by Gasteiger charge is -2.05. The van der Waals surface area contributed by atoms with Gasteiger partial charge in [0.2, 0.25) is 0 Å². The highest BCUT2D eigenvalue weighted by Gasteiger charge is 2.01. The topological polar surface area (TPSA) is 0 Å². The van der Waals surface area contributed by atoms with Crippen LogP contribution in [0.25, 0.3) is 0 Å². The highest BCUT2D eigenvalue weighted by atomic mass is 79.9. The van der Waals surface area contributed by atoms with E-state index in [1.165, 1.54) is 154 Å². The number of hydrogen-bond acceptors (Lipinski definition) is 0. The van der Waals surface area contributed by atoms with Gasteiger partial charge in [-0.3, -0.25) is 0 Å². The van der Waals surface area contributed by atoms with E-state index in [0.717, 1.165) is 11.2 Å². The van der Waals surface area contributed by atoms with Crippen LogP contribution in [0.4, 0.5) is 0 Å². The molecule has 0 bridgehead atoms. The van der Waals surface area contributed by atoms with E-state index in [-0.39, 0.29) is 0 Å². The Kier molecular flexibility index (Phi) is 38.3. The molecule has 0 aliphatic carbocycles. The molecule has 0 rings (SSSR count). The zero-order chi connectivity index (χ0) is 25.5. The van der Waals surface area contributed by atoms with Gasteiger partial charge in [0.15, 0.2) is 0 Å². The molecule has 0 aromatic heterocycles. The summed E-state index contributed by atoms with van der Waals surface area (Å²) in [6.45, 7) is 4.56. The molecule has 0 aliphatic rings. The third kappa shape index (κ3) is 35.7. The van der Waals surface area contributed by atoms with Crippen molar-refractivity contribution >= 4 is 55.1 Å². The average molecular weight is 652 g/mol. The summed E-state index contributed by atoms with van der Waals surface area (Å²) in [5, 5.41) is 1.28. The fraction of sp³-hybridized carbons (Fsp3) is 1.00. The van der Waals surface area contributed by atoms with E-state index < -0.39 is 0 Å². The van der Waals surface area contributed by atoms with Gasteiger partial charge >= 0.3 is 0 Å². The van der Waals surface area contributed by atoms with Crippen molar-refractivity contribution in [3.05, 3.63) is 0 Å². The van der Waals surface area contributed by atoms with Crippen LogP contribution in [-0.4, -0.2) is 21.4 Å². The Morgan fingerprint density at radius 3 is 1.09 bits per heavy atom. The Morgan fingerprint density at radius 1 is 0.500 bits per heavy atom. The van der Waals surface area contributed by atoms with Crippen LogP contribution in [0.2, 0.25) is 0 Å². The first-order valence-electron chi connectivity index (χ1n) is 15.0. The van der Waals surface area contributed by atoms with Gasteiger partial charge in [-0.2, -0.15) is 0 Å². The summed E-state index contributed by atoms with van der Waals surface area (Å²) in [5.74, 6) is 0.748. The van der Waals surface area contributed by atoms with Gasteiger partial charge in [-0.15, -0.1) is 23.2 Å². The van der Waals surface area contributed by atoms with Crippen LogP contribution in [0.3, 0.4) is 0 Å². The van der Waals surface area contributed by atoms with E-state index in [1.807, 2.05) is 0 Å². The van der Waals surface area contributed by atoms with E-state index >= 15 is 0 Å². The predicted molar refractivity (Wildman–Crippen MR) is 169 cm³/mol. The molecule has 0 fully saturated rings. The van der Waals surface area contributed by atoms with Gasteiger partial charge < -0.3 is 0 Å². The minimum absolute atomic E-state index is 0.341. The molecule has 4 heteroatoms. The fourth-order valence-corrected chi connectivity index (χ4v) is 5.17. The minimum atomic E-state index is 0.341. The molecule has 0 radical (unpaired) electrons. The molecule has 0 heterocycles. The van der Waals surface area contributed by atoms with Crippen LogP contribution in [0.5, 0.6) is 0 Å². The Balaban J connectivity index is 0. The lowest BCUT2D eigenvalue weighted by atomic mass is 10.0. The average Bonchev–Trinajstić information content (AvgIpc) is 2.85. The second-order valence-corrected chi connectivity index (χ2v) is 13.0. The maximum Gasteiger partial charge on any atom is 0.0432 e. The van der Waals surface area contributed by atoms with Crippen LogP contribution >= 0.6 is 55.1 Å². The molecule has 0 N–H and O–H groups in total. The molecular formula is C30H60Br2Cl2. The normalized spacial score (nSPS) is 12.9. The summed E-state index contributed by atoms with van der Waals surface area (Å²) in [6.07, 6.45) is 33.5. The number of halogens is 4. The highest BCUT2D eigenvalue weighted by Crippen LogP contribution is 2.16. The monoisotopic (exact) mass is 648 g/mol. The standard InChI is InChI=1S/2C15H30BrCl/c1-2-3-4-5-6-7-8-9-10-11-12-13-15(16)14-17;1-2-3-4-5-6-7-8-9-10-11-12-13-15(17)14-16/h2*15H,2-14H2,1H3. The lowest BCUT2D eigenvalue weighted by molar-refractivity contribution is 0.544. The predicted octanol–water partition coefficient (Wildman–Crippen LogP) is 13.4. The van der Waals surface area contributed by atoms with Crippen molar-refractivity contribution in [2.24, 2.45) is 0 Å². The van der Waals surface area contributed by atoms with Gasteiger partial charge in [-0.25, -0.2) is 0 Å². The van der Waals surface area contributed by atoms with E-state index in [0.29, 0.717) is 10.2 Å². The largest absolute Gasteiger partial charge is 0.126 e. The number of alkyl halides is 4. The first kappa shape index (κ1) is 37.7. The van der Waals surface area contributed by atoms with Crippen molar-refractivity contribution in [1.29, 1.82) is 0 Å². The molecule has 208 valence electrons. The Labute approximate surface area is 243 Å². The number of hydrogen-bond donors (Lipinski definition) is 0. The van der Waals surface area contributed by atoms with Crippen molar-refractivity contribution in [3.63, 3.8) is 0 Å². The molecule has 0 nitrogen and oxygen atoms in total. The van der Waals surface area contributed by atoms with Crippen LogP contribution in [0.15, 0.2) is 0 Å². The molecule has 0 aromatic carbocycles. The van der Waals surface area contributed by atoms with E-state index in [2.05, 4.69) is 45.7 Å². The van der Waals surface area contributed by atoms with Crippen molar-refractivity contribution in [2.75, 3.05) is 11.2 Å². The van der Waals surface area contributed by atoms with E-state index in [9.17, 15) is 0 Å². The molecular weight excluding hydrogens is 591 g/mol. The lowest BCUT2D eigenvalue weighted by Crippen LogP contribution is -1.98. The first-order chi connectivity index (χ1) is 16.6. The number of rotatable bonds is 26. The Hall–Kier alpha value is 1.54. The van der Waals surface area contributed by atoms with Gasteiger partial charge in [-0.05, 0) is 12.8 Å². The summed E-state index contributed by atoms with van der Waals surface area (Å²) in [6, 6.07) is 0. The van der Waals surface area contributed by atoms with Crippen molar-refractivity contribution < 1.29 is 0 Å². The second kappa shape index (κ2) is 34.5.